The van der Waals surface area contributed by atoms with Gasteiger partial charge in [-0.1, -0.05) is 24.3 Å². The van der Waals surface area contributed by atoms with Crippen LogP contribution in [0.3, 0.4) is 0 Å². The molecule has 1 heterocycles. The van der Waals surface area contributed by atoms with Gasteiger partial charge in [-0.05, 0) is 36.2 Å². The van der Waals surface area contributed by atoms with Gasteiger partial charge in [0.05, 0.1) is 11.0 Å². The van der Waals surface area contributed by atoms with E-state index in [0.29, 0.717) is 29.7 Å². The molecule has 2 N–H and O–H groups in total. The third kappa shape index (κ3) is 4.50. The average Bonchev–Trinajstić information content (AvgIpc) is 2.61. The molecule has 0 saturated heterocycles. The first kappa shape index (κ1) is 16.8. The van der Waals surface area contributed by atoms with Gasteiger partial charge in [0.25, 0.3) is 5.56 Å². The van der Waals surface area contributed by atoms with Crippen molar-refractivity contribution in [1.29, 1.82) is 0 Å². The van der Waals surface area contributed by atoms with Crippen LogP contribution in [0.2, 0.25) is 0 Å². The number of fused-ring (bicyclic) bond motifs is 1. The fourth-order valence-electron chi connectivity index (χ4n) is 2.55. The Bertz CT molecular complexity index is 935. The lowest BCUT2D eigenvalue weighted by atomic mass is 10.1. The second-order valence-corrected chi connectivity index (χ2v) is 5.76. The Morgan fingerprint density at radius 1 is 1.08 bits per heavy atom. The summed E-state index contributed by atoms with van der Waals surface area (Å²) in [6, 6.07) is 13.5. The van der Waals surface area contributed by atoms with Crippen LogP contribution < -0.4 is 10.9 Å². The number of nitrogens with zero attached hydrogens (tertiary/aromatic N) is 1. The van der Waals surface area contributed by atoms with Crippen LogP contribution in [0.1, 0.15) is 17.7 Å². The van der Waals surface area contributed by atoms with E-state index in [-0.39, 0.29) is 30.1 Å². The van der Waals surface area contributed by atoms with Crippen molar-refractivity contribution in [2.24, 2.45) is 0 Å². The number of para-hydroxylation sites is 2. The van der Waals surface area contributed by atoms with Crippen LogP contribution in [0, 0.1) is 5.82 Å². The molecule has 0 aliphatic carbocycles. The number of carbonyl (C=O) groups is 1. The van der Waals surface area contributed by atoms with E-state index in [1.807, 2.05) is 18.2 Å². The summed E-state index contributed by atoms with van der Waals surface area (Å²) in [5, 5.41) is 2.80. The number of carbonyl (C=O) groups excluding carboxylic acids is 1. The van der Waals surface area contributed by atoms with Crippen molar-refractivity contribution in [2.45, 2.75) is 19.3 Å². The number of nitrogens with one attached hydrogen (secondary N) is 2. The molecule has 6 heteroatoms. The second kappa shape index (κ2) is 7.70. The zero-order valence-electron chi connectivity index (χ0n) is 13.6. The minimum Gasteiger partial charge on any atom is -0.356 e. The zero-order chi connectivity index (χ0) is 17.6. The molecular weight excluding hydrogens is 321 g/mol. The normalized spacial score (nSPS) is 10.8. The molecular formula is C19H18FN3O2. The predicted molar refractivity (Wildman–Crippen MR) is 93.8 cm³/mol. The molecule has 5 nitrogen and oxygen atoms in total. The van der Waals surface area contributed by atoms with E-state index in [1.165, 1.54) is 12.1 Å². The molecule has 0 aliphatic rings. The van der Waals surface area contributed by atoms with Crippen LogP contribution in [0.5, 0.6) is 0 Å². The summed E-state index contributed by atoms with van der Waals surface area (Å²) in [5.41, 5.74) is 2.42. The third-order valence-corrected chi connectivity index (χ3v) is 3.91. The second-order valence-electron chi connectivity index (χ2n) is 5.76. The first-order valence-electron chi connectivity index (χ1n) is 8.11. The molecule has 0 spiro atoms. The Balaban J connectivity index is 1.51. The molecule has 0 unspecified atom stereocenters. The molecule has 0 radical (unpaired) electrons. The van der Waals surface area contributed by atoms with Crippen molar-refractivity contribution in [3.63, 3.8) is 0 Å². The Kier molecular flexibility index (Phi) is 5.18. The van der Waals surface area contributed by atoms with Gasteiger partial charge in [-0.15, -0.1) is 0 Å². The van der Waals surface area contributed by atoms with Gasteiger partial charge >= 0.3 is 0 Å². The number of aryl methyl sites for hydroxylation is 1. The van der Waals surface area contributed by atoms with Crippen molar-refractivity contribution >= 4 is 16.9 Å². The number of hydrogen-bond donors (Lipinski definition) is 2. The number of aromatic nitrogens is 2. The van der Waals surface area contributed by atoms with Crippen LogP contribution in [-0.4, -0.2) is 22.4 Å². The first-order chi connectivity index (χ1) is 12.1. The molecule has 0 fully saturated rings. The molecule has 3 rings (SSSR count). The van der Waals surface area contributed by atoms with E-state index in [9.17, 15) is 14.0 Å². The summed E-state index contributed by atoms with van der Waals surface area (Å²) in [6.07, 6.45) is 1.10. The van der Waals surface area contributed by atoms with Gasteiger partial charge in [0.2, 0.25) is 5.91 Å². The fraction of sp³-hybridized carbons (Fsp3) is 0.211. The zero-order valence-corrected chi connectivity index (χ0v) is 13.6. The summed E-state index contributed by atoms with van der Waals surface area (Å²) in [4.78, 5) is 31.0. The van der Waals surface area contributed by atoms with Crippen LogP contribution >= 0.6 is 0 Å². The number of halogens is 1. The number of rotatable bonds is 6. The number of H-pyrrole nitrogens is 1. The largest absolute Gasteiger partial charge is 0.356 e. The van der Waals surface area contributed by atoms with Gasteiger partial charge in [-0.3, -0.25) is 9.59 Å². The lowest BCUT2D eigenvalue weighted by Crippen LogP contribution is -2.27. The van der Waals surface area contributed by atoms with E-state index < -0.39 is 0 Å². The maximum Gasteiger partial charge on any atom is 0.270 e. The highest BCUT2D eigenvalue weighted by atomic mass is 19.1. The van der Waals surface area contributed by atoms with Crippen molar-refractivity contribution in [2.75, 3.05) is 6.54 Å². The number of benzene rings is 2. The molecule has 0 bridgehead atoms. The molecule has 0 saturated carbocycles. The average molecular weight is 339 g/mol. The highest BCUT2D eigenvalue weighted by molar-refractivity contribution is 5.76. The molecule has 0 atom stereocenters. The smallest absolute Gasteiger partial charge is 0.270 e. The summed E-state index contributed by atoms with van der Waals surface area (Å²) < 4.78 is 12.8. The van der Waals surface area contributed by atoms with Crippen molar-refractivity contribution in [3.8, 4) is 0 Å². The minimum atomic E-state index is -0.277. The monoisotopic (exact) mass is 339 g/mol. The van der Waals surface area contributed by atoms with Gasteiger partial charge < -0.3 is 10.3 Å². The molecule has 2 aromatic carbocycles. The molecule has 128 valence electrons. The first-order valence-corrected chi connectivity index (χ1v) is 8.11. The molecule has 1 amide bonds. The third-order valence-electron chi connectivity index (χ3n) is 3.91. The van der Waals surface area contributed by atoms with Crippen LogP contribution in [0.4, 0.5) is 4.39 Å². The number of aromatic amines is 1. The van der Waals surface area contributed by atoms with E-state index in [0.717, 1.165) is 5.56 Å². The highest BCUT2D eigenvalue weighted by Gasteiger charge is 2.08. The Labute approximate surface area is 143 Å². The van der Waals surface area contributed by atoms with Gasteiger partial charge in [-0.25, -0.2) is 9.37 Å². The van der Waals surface area contributed by atoms with E-state index >= 15 is 0 Å². The Morgan fingerprint density at radius 2 is 1.84 bits per heavy atom. The minimum absolute atomic E-state index is 0.142. The SMILES string of the molecule is O=C(CCc1nc2ccccc2[nH]c1=O)NCCc1ccc(F)cc1. The Hall–Kier alpha value is -3.02. The van der Waals surface area contributed by atoms with Crippen molar-refractivity contribution in [3.05, 3.63) is 76.0 Å². The lowest BCUT2D eigenvalue weighted by molar-refractivity contribution is -0.121. The summed E-state index contributed by atoms with van der Waals surface area (Å²) in [6.45, 7) is 0.464. The number of amides is 1. The van der Waals surface area contributed by atoms with Gasteiger partial charge in [0, 0.05) is 19.4 Å². The van der Waals surface area contributed by atoms with Gasteiger partial charge in [0.1, 0.15) is 11.5 Å². The van der Waals surface area contributed by atoms with E-state index in [2.05, 4.69) is 15.3 Å². The van der Waals surface area contributed by atoms with Crippen molar-refractivity contribution < 1.29 is 9.18 Å². The maximum absolute atomic E-state index is 12.8. The van der Waals surface area contributed by atoms with Crippen molar-refractivity contribution in [1.82, 2.24) is 15.3 Å². The summed E-state index contributed by atoms with van der Waals surface area (Å²) >= 11 is 0. The quantitative estimate of drug-likeness (QED) is 0.724. The standard InChI is InChI=1S/C19H18FN3O2/c20-14-7-5-13(6-8-14)11-12-21-18(24)10-9-17-19(25)23-16-4-2-1-3-15(16)22-17/h1-8H,9-12H2,(H,21,24)(H,23,25). The van der Waals surface area contributed by atoms with Gasteiger partial charge in [0.15, 0.2) is 0 Å². The molecule has 0 aliphatic heterocycles. The molecule has 25 heavy (non-hydrogen) atoms. The topological polar surface area (TPSA) is 74.8 Å². The van der Waals surface area contributed by atoms with Crippen LogP contribution in [0.15, 0.2) is 53.3 Å². The lowest BCUT2D eigenvalue weighted by Gasteiger charge is -2.06. The fourth-order valence-corrected chi connectivity index (χ4v) is 2.55. The van der Waals surface area contributed by atoms with Gasteiger partial charge in [-0.2, -0.15) is 0 Å². The molecule has 1 aromatic heterocycles. The summed E-state index contributed by atoms with van der Waals surface area (Å²) in [5.74, 6) is -0.419. The predicted octanol–water partition coefficient (Wildman–Crippen LogP) is 2.35. The summed E-state index contributed by atoms with van der Waals surface area (Å²) in [7, 11) is 0. The van der Waals surface area contributed by atoms with Crippen LogP contribution in [0.25, 0.3) is 11.0 Å². The van der Waals surface area contributed by atoms with Crippen LogP contribution in [-0.2, 0) is 17.6 Å². The maximum atomic E-state index is 12.8. The van der Waals surface area contributed by atoms with E-state index in [1.54, 1.807) is 18.2 Å². The van der Waals surface area contributed by atoms with E-state index in [4.69, 9.17) is 0 Å². The highest BCUT2D eigenvalue weighted by Crippen LogP contribution is 2.07. The Morgan fingerprint density at radius 3 is 2.64 bits per heavy atom. The molecule has 3 aromatic rings. The number of hydrogen-bond acceptors (Lipinski definition) is 3.